The Morgan fingerprint density at radius 3 is 2.35 bits per heavy atom. The van der Waals surface area contributed by atoms with Crippen LogP contribution < -0.4 is 4.74 Å². The predicted molar refractivity (Wildman–Crippen MR) is 113 cm³/mol. The number of Topliss-reactive ketones (excluding diaryl/α,β-unsaturated/α-hetero) is 1. The minimum Gasteiger partial charge on any atom is -0.497 e. The summed E-state index contributed by atoms with van der Waals surface area (Å²) in [5.74, 6) is -0.714. The Morgan fingerprint density at radius 2 is 1.74 bits per heavy atom. The maximum atomic E-state index is 12.9. The Kier molecular flexibility index (Phi) is 7.32. The molecule has 1 aliphatic heterocycles. The number of halogens is 1. The van der Waals surface area contributed by atoms with Crippen molar-refractivity contribution in [3.63, 3.8) is 0 Å². The number of esters is 1. The minimum atomic E-state index is -3.82. The zero-order valence-electron chi connectivity index (χ0n) is 17.0. The number of carbonyl (C=O) groups is 2. The average molecular weight is 468 g/mol. The number of hydrogen-bond donors (Lipinski definition) is 0. The van der Waals surface area contributed by atoms with Crippen LogP contribution in [0.3, 0.4) is 0 Å². The molecule has 1 atom stereocenters. The number of nitrogens with zero attached hydrogens (tertiary/aromatic N) is 1. The van der Waals surface area contributed by atoms with E-state index in [0.29, 0.717) is 24.5 Å². The van der Waals surface area contributed by atoms with Crippen LogP contribution >= 0.6 is 11.6 Å². The molecule has 1 unspecified atom stereocenters. The first-order valence-electron chi connectivity index (χ1n) is 9.50. The van der Waals surface area contributed by atoms with Crippen molar-refractivity contribution in [2.24, 2.45) is 0 Å². The molecular weight excluding hydrogens is 446 g/mol. The van der Waals surface area contributed by atoms with E-state index >= 15 is 0 Å². The third-order valence-corrected chi connectivity index (χ3v) is 7.02. The molecule has 0 bridgehead atoms. The number of methoxy groups -OCH3 is 1. The van der Waals surface area contributed by atoms with Crippen molar-refractivity contribution in [2.75, 3.05) is 33.4 Å². The maximum Gasteiger partial charge on any atom is 0.340 e. The molecule has 3 rings (SSSR count). The van der Waals surface area contributed by atoms with E-state index in [1.165, 1.54) is 36.5 Å². The van der Waals surface area contributed by atoms with Gasteiger partial charge >= 0.3 is 5.97 Å². The second kappa shape index (κ2) is 9.78. The van der Waals surface area contributed by atoms with Crippen LogP contribution in [0.5, 0.6) is 5.75 Å². The highest BCUT2D eigenvalue weighted by molar-refractivity contribution is 7.89. The lowest BCUT2D eigenvalue weighted by atomic mass is 10.1. The van der Waals surface area contributed by atoms with E-state index in [4.69, 9.17) is 25.8 Å². The van der Waals surface area contributed by atoms with Gasteiger partial charge in [0.15, 0.2) is 6.10 Å². The van der Waals surface area contributed by atoms with Crippen LogP contribution in [0.2, 0.25) is 5.02 Å². The van der Waals surface area contributed by atoms with E-state index in [-0.39, 0.29) is 28.6 Å². The van der Waals surface area contributed by atoms with Crippen LogP contribution in [0.1, 0.15) is 27.6 Å². The van der Waals surface area contributed by atoms with Gasteiger partial charge in [-0.25, -0.2) is 13.2 Å². The number of hydrogen-bond acceptors (Lipinski definition) is 7. The van der Waals surface area contributed by atoms with Crippen molar-refractivity contribution in [1.82, 2.24) is 4.31 Å². The highest BCUT2D eigenvalue weighted by atomic mass is 35.5. The summed E-state index contributed by atoms with van der Waals surface area (Å²) in [5, 5.41) is 0.0232. The lowest BCUT2D eigenvalue weighted by Crippen LogP contribution is -2.40. The van der Waals surface area contributed by atoms with E-state index in [1.54, 1.807) is 24.3 Å². The zero-order chi connectivity index (χ0) is 22.6. The summed E-state index contributed by atoms with van der Waals surface area (Å²) in [6.07, 6.45) is -1.10. The lowest BCUT2D eigenvalue weighted by Gasteiger charge is -2.26. The molecule has 1 saturated heterocycles. The van der Waals surface area contributed by atoms with Gasteiger partial charge in [0.2, 0.25) is 15.8 Å². The van der Waals surface area contributed by atoms with E-state index < -0.39 is 27.9 Å². The summed E-state index contributed by atoms with van der Waals surface area (Å²) in [5.41, 5.74) is 0.209. The fraction of sp³-hybridized carbons (Fsp3) is 0.333. The summed E-state index contributed by atoms with van der Waals surface area (Å²) in [6.45, 7) is 2.47. The van der Waals surface area contributed by atoms with Gasteiger partial charge in [-0.15, -0.1) is 0 Å². The summed E-state index contributed by atoms with van der Waals surface area (Å²) < 4.78 is 42.5. The van der Waals surface area contributed by atoms with Crippen molar-refractivity contribution in [2.45, 2.75) is 17.9 Å². The van der Waals surface area contributed by atoms with Gasteiger partial charge in [0, 0.05) is 18.7 Å². The van der Waals surface area contributed by atoms with Gasteiger partial charge in [-0.2, -0.15) is 4.31 Å². The van der Waals surface area contributed by atoms with Crippen LogP contribution in [-0.2, 0) is 19.5 Å². The van der Waals surface area contributed by atoms with Crippen molar-refractivity contribution in [3.8, 4) is 5.75 Å². The normalized spacial score (nSPS) is 15.8. The molecule has 10 heteroatoms. The van der Waals surface area contributed by atoms with Crippen LogP contribution in [0, 0.1) is 0 Å². The number of sulfonamides is 1. The number of ketones is 1. The minimum absolute atomic E-state index is 0.0232. The number of carbonyl (C=O) groups excluding carboxylic acids is 2. The maximum absolute atomic E-state index is 12.9. The third kappa shape index (κ3) is 5.24. The molecule has 1 aliphatic rings. The topological polar surface area (TPSA) is 99.2 Å². The molecule has 0 saturated carbocycles. The molecule has 0 N–H and O–H groups in total. The summed E-state index contributed by atoms with van der Waals surface area (Å²) in [7, 11) is -2.31. The first-order chi connectivity index (χ1) is 14.7. The summed E-state index contributed by atoms with van der Waals surface area (Å²) >= 11 is 6.11. The molecule has 0 amide bonds. The Balaban J connectivity index is 1.77. The first-order valence-corrected chi connectivity index (χ1v) is 11.3. The van der Waals surface area contributed by atoms with Gasteiger partial charge in [0.25, 0.3) is 0 Å². The van der Waals surface area contributed by atoms with Gasteiger partial charge in [-0.3, -0.25) is 4.79 Å². The van der Waals surface area contributed by atoms with Crippen molar-refractivity contribution in [1.29, 1.82) is 0 Å². The predicted octanol–water partition coefficient (Wildman–Crippen LogP) is 2.80. The zero-order valence-corrected chi connectivity index (χ0v) is 18.6. The van der Waals surface area contributed by atoms with Gasteiger partial charge < -0.3 is 14.2 Å². The van der Waals surface area contributed by atoms with Gasteiger partial charge in [0.1, 0.15) is 5.75 Å². The smallest absolute Gasteiger partial charge is 0.340 e. The van der Waals surface area contributed by atoms with E-state index in [0.717, 1.165) is 0 Å². The fourth-order valence-electron chi connectivity index (χ4n) is 3.02. The van der Waals surface area contributed by atoms with Crippen LogP contribution in [0.15, 0.2) is 47.4 Å². The second-order valence-corrected chi connectivity index (χ2v) is 9.14. The molecule has 1 heterocycles. The van der Waals surface area contributed by atoms with Crippen LogP contribution in [0.4, 0.5) is 0 Å². The first kappa shape index (κ1) is 23.2. The quantitative estimate of drug-likeness (QED) is 0.456. The van der Waals surface area contributed by atoms with Crippen LogP contribution in [0.25, 0.3) is 0 Å². The molecular formula is C21H22ClNO7S. The van der Waals surface area contributed by atoms with E-state index in [2.05, 4.69) is 0 Å². The molecule has 0 spiro atoms. The number of rotatable bonds is 7. The summed E-state index contributed by atoms with van der Waals surface area (Å²) in [4.78, 5) is 25.1. The average Bonchev–Trinajstić information content (AvgIpc) is 2.79. The Bertz CT molecular complexity index is 1060. The molecule has 0 aromatic heterocycles. The molecule has 0 radical (unpaired) electrons. The van der Waals surface area contributed by atoms with Crippen molar-refractivity contribution >= 4 is 33.4 Å². The summed E-state index contributed by atoms with van der Waals surface area (Å²) in [6, 6.07) is 10.2. The van der Waals surface area contributed by atoms with Crippen molar-refractivity contribution in [3.05, 3.63) is 58.6 Å². The Labute approximate surface area is 185 Å². The number of benzene rings is 2. The van der Waals surface area contributed by atoms with E-state index in [9.17, 15) is 18.0 Å². The van der Waals surface area contributed by atoms with Crippen LogP contribution in [-0.4, -0.2) is 64.0 Å². The molecule has 0 aliphatic carbocycles. The standard InChI is InChI=1S/C21H22ClNO7S/c1-14(20(24)15-3-5-16(28-2)6-4-15)30-21(25)18-13-17(7-8-19(18)22)31(26,27)23-9-11-29-12-10-23/h3-8,13-14H,9-12H2,1-2H3. The third-order valence-electron chi connectivity index (χ3n) is 4.79. The molecule has 166 valence electrons. The molecule has 1 fully saturated rings. The largest absolute Gasteiger partial charge is 0.497 e. The number of ether oxygens (including phenoxy) is 3. The lowest BCUT2D eigenvalue weighted by molar-refractivity contribution is 0.0318. The van der Waals surface area contributed by atoms with E-state index in [1.807, 2.05) is 0 Å². The Morgan fingerprint density at radius 1 is 1.10 bits per heavy atom. The highest BCUT2D eigenvalue weighted by Crippen LogP contribution is 2.25. The molecule has 2 aromatic rings. The Hall–Kier alpha value is -2.46. The number of morpholine rings is 1. The van der Waals surface area contributed by atoms with Gasteiger partial charge in [-0.05, 0) is 49.4 Å². The molecule has 2 aromatic carbocycles. The fourth-order valence-corrected chi connectivity index (χ4v) is 4.65. The van der Waals surface area contributed by atoms with Crippen molar-refractivity contribution < 1.29 is 32.2 Å². The SMILES string of the molecule is COc1ccc(C(=O)C(C)OC(=O)c2cc(S(=O)(=O)N3CCOCC3)ccc2Cl)cc1. The molecule has 31 heavy (non-hydrogen) atoms. The van der Waals surface area contributed by atoms with Gasteiger partial charge in [-0.1, -0.05) is 11.6 Å². The highest BCUT2D eigenvalue weighted by Gasteiger charge is 2.29. The molecule has 8 nitrogen and oxygen atoms in total. The second-order valence-electron chi connectivity index (χ2n) is 6.80. The van der Waals surface area contributed by atoms with Gasteiger partial charge in [0.05, 0.1) is 35.8 Å². The monoisotopic (exact) mass is 467 g/mol.